The number of thioether (sulfide) groups is 1. The van der Waals surface area contributed by atoms with Crippen LogP contribution in [0, 0.1) is 0 Å². The quantitative estimate of drug-likeness (QED) is 0.516. The first-order chi connectivity index (χ1) is 12.3. The summed E-state index contributed by atoms with van der Waals surface area (Å²) in [7, 11) is 1.67. The van der Waals surface area contributed by atoms with E-state index in [9.17, 15) is 0 Å². The third kappa shape index (κ3) is 3.39. The molecule has 0 aliphatic rings. The summed E-state index contributed by atoms with van der Waals surface area (Å²) in [5.74, 6) is 2.29. The number of methoxy groups -OCH3 is 1. The molecule has 0 atom stereocenters. The van der Waals surface area contributed by atoms with Crippen molar-refractivity contribution in [1.29, 1.82) is 0 Å². The molecule has 0 saturated heterocycles. The predicted molar refractivity (Wildman–Crippen MR) is 99.0 cm³/mol. The highest BCUT2D eigenvalue weighted by Gasteiger charge is 2.13. The van der Waals surface area contributed by atoms with Crippen LogP contribution >= 0.6 is 11.8 Å². The van der Waals surface area contributed by atoms with Crippen LogP contribution in [0.4, 0.5) is 0 Å². The van der Waals surface area contributed by atoms with Crippen molar-refractivity contribution in [3.63, 3.8) is 0 Å². The number of benzene rings is 2. The van der Waals surface area contributed by atoms with Crippen LogP contribution in [0.25, 0.3) is 22.4 Å². The molecule has 0 amide bonds. The third-order valence-electron chi connectivity index (χ3n) is 4.00. The molecule has 25 heavy (non-hydrogen) atoms. The summed E-state index contributed by atoms with van der Waals surface area (Å²) < 4.78 is 11.0. The van der Waals surface area contributed by atoms with Crippen molar-refractivity contribution < 1.29 is 9.15 Å². The Hall–Kier alpha value is -2.73. The minimum Gasteiger partial charge on any atom is -0.497 e. The van der Waals surface area contributed by atoms with E-state index in [1.165, 1.54) is 5.56 Å². The highest BCUT2D eigenvalue weighted by atomic mass is 32.2. The lowest BCUT2D eigenvalue weighted by atomic mass is 10.2. The molecule has 0 saturated carbocycles. The van der Waals surface area contributed by atoms with E-state index in [1.807, 2.05) is 42.6 Å². The van der Waals surface area contributed by atoms with Crippen LogP contribution in [-0.2, 0) is 6.42 Å². The second-order valence-corrected chi connectivity index (χ2v) is 6.61. The first-order valence-electron chi connectivity index (χ1n) is 7.99. The zero-order valence-electron chi connectivity index (χ0n) is 13.7. The van der Waals surface area contributed by atoms with Crippen LogP contribution in [0.3, 0.4) is 0 Å². The number of aryl methyl sites for hydroxylation is 1. The second-order valence-electron chi connectivity index (χ2n) is 5.57. The lowest BCUT2D eigenvalue weighted by molar-refractivity contribution is 0.414. The number of hydrogen-bond acceptors (Lipinski definition) is 5. The summed E-state index contributed by atoms with van der Waals surface area (Å²) in [5, 5.41) is 10.0. The number of fused-ring (bicyclic) bond motifs is 1. The summed E-state index contributed by atoms with van der Waals surface area (Å²) in [4.78, 5) is 3.23. The van der Waals surface area contributed by atoms with Crippen LogP contribution in [0.15, 0.2) is 64.4 Å². The number of para-hydroxylation sites is 1. The molecule has 4 rings (SSSR count). The van der Waals surface area contributed by atoms with E-state index in [4.69, 9.17) is 9.15 Å². The van der Waals surface area contributed by atoms with Gasteiger partial charge in [-0.1, -0.05) is 42.1 Å². The van der Waals surface area contributed by atoms with Crippen LogP contribution in [-0.4, -0.2) is 28.0 Å². The Labute approximate surface area is 149 Å². The number of H-pyrrole nitrogens is 1. The third-order valence-corrected chi connectivity index (χ3v) is 4.82. The normalized spacial score (nSPS) is 11.1. The van der Waals surface area contributed by atoms with Gasteiger partial charge in [-0.3, -0.25) is 0 Å². The standard InChI is InChI=1S/C19H17N3O2S/c1-23-14-8-6-13(7-9-14)10-11-25-19-22-21-18(24-19)16-12-20-17-5-3-2-4-15(16)17/h2-9,12,20H,10-11H2,1H3. The van der Waals surface area contributed by atoms with Crippen LogP contribution < -0.4 is 4.74 Å². The molecule has 0 aliphatic heterocycles. The smallest absolute Gasteiger partial charge is 0.276 e. The second kappa shape index (κ2) is 7.03. The number of aromatic nitrogens is 3. The van der Waals surface area contributed by atoms with E-state index < -0.39 is 0 Å². The molecule has 0 radical (unpaired) electrons. The Bertz CT molecular complexity index is 976. The zero-order chi connectivity index (χ0) is 17.1. The van der Waals surface area contributed by atoms with E-state index in [0.29, 0.717) is 11.1 Å². The van der Waals surface area contributed by atoms with Gasteiger partial charge in [0.2, 0.25) is 0 Å². The van der Waals surface area contributed by atoms with Crippen molar-refractivity contribution in [3.8, 4) is 17.2 Å². The van der Waals surface area contributed by atoms with Gasteiger partial charge in [0.15, 0.2) is 0 Å². The summed E-state index contributed by atoms with van der Waals surface area (Å²) in [6.07, 6.45) is 2.84. The first-order valence-corrected chi connectivity index (χ1v) is 8.98. The van der Waals surface area contributed by atoms with E-state index >= 15 is 0 Å². The molecule has 126 valence electrons. The molecule has 0 unspecified atom stereocenters. The molecular weight excluding hydrogens is 334 g/mol. The number of ether oxygens (including phenoxy) is 1. The minimum absolute atomic E-state index is 0.546. The molecule has 0 fully saturated rings. The molecule has 0 spiro atoms. The maximum absolute atomic E-state index is 5.81. The summed E-state index contributed by atoms with van der Waals surface area (Å²) in [5.41, 5.74) is 3.25. The number of hydrogen-bond donors (Lipinski definition) is 1. The lowest BCUT2D eigenvalue weighted by Crippen LogP contribution is -1.89. The molecule has 5 nitrogen and oxygen atoms in total. The van der Waals surface area contributed by atoms with E-state index in [1.54, 1.807) is 18.9 Å². The number of nitrogens with zero attached hydrogens (tertiary/aromatic N) is 2. The van der Waals surface area contributed by atoms with Crippen molar-refractivity contribution in [3.05, 3.63) is 60.3 Å². The molecule has 6 heteroatoms. The van der Waals surface area contributed by atoms with Gasteiger partial charge in [-0.25, -0.2) is 0 Å². The average molecular weight is 351 g/mol. The molecule has 4 aromatic rings. The maximum atomic E-state index is 5.81. The Morgan fingerprint density at radius 1 is 1.08 bits per heavy atom. The van der Waals surface area contributed by atoms with E-state index in [-0.39, 0.29) is 0 Å². The highest BCUT2D eigenvalue weighted by Crippen LogP contribution is 2.29. The number of nitrogens with one attached hydrogen (secondary N) is 1. The van der Waals surface area contributed by atoms with E-state index in [0.717, 1.165) is 34.4 Å². The number of aromatic amines is 1. The van der Waals surface area contributed by atoms with Crippen molar-refractivity contribution in [2.24, 2.45) is 0 Å². The fourth-order valence-electron chi connectivity index (χ4n) is 2.67. The van der Waals surface area contributed by atoms with Gasteiger partial charge < -0.3 is 14.1 Å². The average Bonchev–Trinajstić information content (AvgIpc) is 3.29. The molecular formula is C19H17N3O2S. The zero-order valence-corrected chi connectivity index (χ0v) is 14.5. The lowest BCUT2D eigenvalue weighted by Gasteiger charge is -2.02. The van der Waals surface area contributed by atoms with Gasteiger partial charge in [0.25, 0.3) is 11.1 Å². The fraction of sp³-hybridized carbons (Fsp3) is 0.158. The van der Waals surface area contributed by atoms with Crippen molar-refractivity contribution in [1.82, 2.24) is 15.2 Å². The van der Waals surface area contributed by atoms with Crippen molar-refractivity contribution in [2.45, 2.75) is 11.6 Å². The van der Waals surface area contributed by atoms with Crippen molar-refractivity contribution in [2.75, 3.05) is 12.9 Å². The molecule has 2 aromatic carbocycles. The fourth-order valence-corrected chi connectivity index (χ4v) is 3.42. The Morgan fingerprint density at radius 2 is 1.92 bits per heavy atom. The maximum Gasteiger partial charge on any atom is 0.276 e. The van der Waals surface area contributed by atoms with Gasteiger partial charge in [-0.05, 0) is 30.2 Å². The van der Waals surface area contributed by atoms with Crippen LogP contribution in [0.2, 0.25) is 0 Å². The Kier molecular flexibility index (Phi) is 4.43. The van der Waals surface area contributed by atoms with Gasteiger partial charge in [-0.2, -0.15) is 0 Å². The number of rotatable bonds is 6. The predicted octanol–water partition coefficient (Wildman–Crippen LogP) is 4.56. The van der Waals surface area contributed by atoms with Gasteiger partial charge >= 0.3 is 0 Å². The monoisotopic (exact) mass is 351 g/mol. The van der Waals surface area contributed by atoms with Gasteiger partial charge in [-0.15, -0.1) is 10.2 Å². The molecule has 0 aliphatic carbocycles. The SMILES string of the molecule is COc1ccc(CCSc2nnc(-c3c[nH]c4ccccc34)o2)cc1. The van der Waals surface area contributed by atoms with E-state index in [2.05, 4.69) is 27.3 Å². The highest BCUT2D eigenvalue weighted by molar-refractivity contribution is 7.99. The van der Waals surface area contributed by atoms with Crippen LogP contribution in [0.5, 0.6) is 5.75 Å². The first kappa shape index (κ1) is 15.8. The minimum atomic E-state index is 0.546. The molecule has 0 bridgehead atoms. The Morgan fingerprint density at radius 3 is 2.76 bits per heavy atom. The largest absolute Gasteiger partial charge is 0.497 e. The van der Waals surface area contributed by atoms with Crippen LogP contribution in [0.1, 0.15) is 5.56 Å². The molecule has 1 N–H and O–H groups in total. The topological polar surface area (TPSA) is 63.9 Å². The Balaban J connectivity index is 1.41. The van der Waals surface area contributed by atoms with Gasteiger partial charge in [0.05, 0.1) is 12.7 Å². The van der Waals surface area contributed by atoms with Gasteiger partial charge in [0, 0.05) is 22.9 Å². The summed E-state index contributed by atoms with van der Waals surface area (Å²) in [6, 6.07) is 16.2. The van der Waals surface area contributed by atoms with Crippen molar-refractivity contribution >= 4 is 22.7 Å². The summed E-state index contributed by atoms with van der Waals surface area (Å²) >= 11 is 1.57. The summed E-state index contributed by atoms with van der Waals surface area (Å²) in [6.45, 7) is 0. The molecule has 2 heterocycles. The molecule has 2 aromatic heterocycles. The van der Waals surface area contributed by atoms with Gasteiger partial charge in [0.1, 0.15) is 5.75 Å².